The highest BCUT2D eigenvalue weighted by Crippen LogP contribution is 2.34. The number of benzene rings is 1. The Morgan fingerprint density at radius 3 is 2.71 bits per heavy atom. The van der Waals surface area contributed by atoms with Crippen LogP contribution in [0.2, 0.25) is 0 Å². The number of allylic oxidation sites excluding steroid dienone is 2. The van der Waals surface area contributed by atoms with Crippen LogP contribution in [0, 0.1) is 5.82 Å². The summed E-state index contributed by atoms with van der Waals surface area (Å²) in [5.74, 6) is -0.187. The van der Waals surface area contributed by atoms with Crippen molar-refractivity contribution >= 4 is 11.4 Å². The summed E-state index contributed by atoms with van der Waals surface area (Å²) in [6, 6.07) is 6.57. The van der Waals surface area contributed by atoms with E-state index in [4.69, 9.17) is 0 Å². The minimum atomic E-state index is -0.285. The van der Waals surface area contributed by atoms with E-state index in [0.717, 1.165) is 31.3 Å². The molecule has 1 nitrogen and oxygen atoms in total. The molecule has 0 aliphatic heterocycles. The summed E-state index contributed by atoms with van der Waals surface area (Å²) in [6.07, 6.45) is 4.44. The number of carbonyl (C=O) groups is 1. The third-order valence-electron chi connectivity index (χ3n) is 3.26. The van der Waals surface area contributed by atoms with Gasteiger partial charge in [-0.2, -0.15) is 0 Å². The van der Waals surface area contributed by atoms with E-state index in [1.807, 2.05) is 0 Å². The van der Waals surface area contributed by atoms with Crippen LogP contribution in [0.3, 0.4) is 0 Å². The summed E-state index contributed by atoms with van der Waals surface area (Å²) in [5.41, 5.74) is 2.28. The molecule has 0 atom stereocenters. The first-order valence-electron chi connectivity index (χ1n) is 6.24. The van der Waals surface area contributed by atoms with E-state index in [1.54, 1.807) is 18.2 Å². The van der Waals surface area contributed by atoms with Crippen molar-refractivity contribution < 1.29 is 9.18 Å². The predicted octanol–water partition coefficient (Wildman–Crippen LogP) is 4.13. The van der Waals surface area contributed by atoms with E-state index in [9.17, 15) is 9.18 Å². The summed E-state index contributed by atoms with van der Waals surface area (Å²) < 4.78 is 13.7. The Hall–Kier alpha value is -1.44. The Labute approximate surface area is 101 Å². The standard InChI is InChI=1S/C15H17FO/c1-2-3-6-11-9-10-14(17)15(11)12-7-4-5-8-13(12)16/h4-5,7-8H,2-3,6,9-10H2,1H3. The van der Waals surface area contributed by atoms with Crippen LogP contribution in [0.4, 0.5) is 4.39 Å². The average Bonchev–Trinajstić information content (AvgIpc) is 2.69. The lowest BCUT2D eigenvalue weighted by molar-refractivity contribution is -0.113. The molecule has 2 heteroatoms. The molecule has 0 spiro atoms. The van der Waals surface area contributed by atoms with Crippen molar-refractivity contribution in [2.45, 2.75) is 39.0 Å². The highest BCUT2D eigenvalue weighted by molar-refractivity contribution is 6.23. The Morgan fingerprint density at radius 2 is 2.00 bits per heavy atom. The Morgan fingerprint density at radius 1 is 1.24 bits per heavy atom. The fourth-order valence-electron chi connectivity index (χ4n) is 2.36. The van der Waals surface area contributed by atoms with Gasteiger partial charge in [-0.05, 0) is 25.3 Å². The maximum absolute atomic E-state index is 13.7. The predicted molar refractivity (Wildman–Crippen MR) is 67.1 cm³/mol. The number of unbranched alkanes of at least 4 members (excludes halogenated alkanes) is 1. The molecular weight excluding hydrogens is 215 g/mol. The molecule has 0 aromatic heterocycles. The van der Waals surface area contributed by atoms with Gasteiger partial charge < -0.3 is 0 Å². The molecule has 1 aliphatic rings. The fraction of sp³-hybridized carbons (Fsp3) is 0.400. The Balaban J connectivity index is 2.39. The molecule has 1 aromatic carbocycles. The van der Waals surface area contributed by atoms with Crippen molar-refractivity contribution in [3.8, 4) is 0 Å². The summed E-state index contributed by atoms with van der Waals surface area (Å²) in [7, 11) is 0. The van der Waals surface area contributed by atoms with E-state index in [0.29, 0.717) is 17.6 Å². The van der Waals surface area contributed by atoms with Gasteiger partial charge >= 0.3 is 0 Å². The van der Waals surface area contributed by atoms with E-state index in [1.165, 1.54) is 6.07 Å². The Kier molecular flexibility index (Phi) is 3.72. The maximum Gasteiger partial charge on any atom is 0.163 e. The number of ketones is 1. The van der Waals surface area contributed by atoms with Crippen LogP contribution in [-0.2, 0) is 4.79 Å². The van der Waals surface area contributed by atoms with Gasteiger partial charge in [-0.15, -0.1) is 0 Å². The molecule has 0 amide bonds. The van der Waals surface area contributed by atoms with Crippen LogP contribution in [-0.4, -0.2) is 5.78 Å². The van der Waals surface area contributed by atoms with Crippen molar-refractivity contribution in [2.75, 3.05) is 0 Å². The van der Waals surface area contributed by atoms with E-state index in [2.05, 4.69) is 6.92 Å². The van der Waals surface area contributed by atoms with Crippen LogP contribution in [0.15, 0.2) is 29.8 Å². The average molecular weight is 232 g/mol. The zero-order chi connectivity index (χ0) is 12.3. The molecule has 0 saturated carbocycles. The van der Waals surface area contributed by atoms with Gasteiger partial charge in [-0.3, -0.25) is 4.79 Å². The van der Waals surface area contributed by atoms with Crippen molar-refractivity contribution in [3.63, 3.8) is 0 Å². The number of carbonyl (C=O) groups excluding carboxylic acids is 1. The van der Waals surface area contributed by atoms with Gasteiger partial charge in [0.15, 0.2) is 5.78 Å². The zero-order valence-electron chi connectivity index (χ0n) is 10.1. The van der Waals surface area contributed by atoms with Crippen LogP contribution < -0.4 is 0 Å². The van der Waals surface area contributed by atoms with Gasteiger partial charge in [0, 0.05) is 17.6 Å². The lowest BCUT2D eigenvalue weighted by Crippen LogP contribution is -1.98. The lowest BCUT2D eigenvalue weighted by Gasteiger charge is -2.07. The molecule has 90 valence electrons. The number of halogens is 1. The van der Waals surface area contributed by atoms with Gasteiger partial charge in [0.05, 0.1) is 0 Å². The fourth-order valence-corrected chi connectivity index (χ4v) is 2.36. The molecule has 0 radical (unpaired) electrons. The molecule has 17 heavy (non-hydrogen) atoms. The number of rotatable bonds is 4. The molecular formula is C15H17FO. The third-order valence-corrected chi connectivity index (χ3v) is 3.26. The number of hydrogen-bond acceptors (Lipinski definition) is 1. The highest BCUT2D eigenvalue weighted by atomic mass is 19.1. The van der Waals surface area contributed by atoms with Gasteiger partial charge in [0.1, 0.15) is 5.82 Å². The third kappa shape index (κ3) is 2.46. The first kappa shape index (κ1) is 12.0. The van der Waals surface area contributed by atoms with Crippen LogP contribution in [0.5, 0.6) is 0 Å². The SMILES string of the molecule is CCCCC1=C(c2ccccc2F)C(=O)CC1. The molecule has 0 heterocycles. The minimum Gasteiger partial charge on any atom is -0.294 e. The van der Waals surface area contributed by atoms with Gasteiger partial charge in [0.2, 0.25) is 0 Å². The van der Waals surface area contributed by atoms with Gasteiger partial charge in [-0.1, -0.05) is 37.1 Å². The second kappa shape index (κ2) is 5.26. The quantitative estimate of drug-likeness (QED) is 0.762. The molecule has 1 aliphatic carbocycles. The molecule has 0 bridgehead atoms. The van der Waals surface area contributed by atoms with E-state index in [-0.39, 0.29) is 11.6 Å². The van der Waals surface area contributed by atoms with E-state index >= 15 is 0 Å². The molecule has 2 rings (SSSR count). The topological polar surface area (TPSA) is 17.1 Å². The molecule has 1 aromatic rings. The summed E-state index contributed by atoms with van der Waals surface area (Å²) in [6.45, 7) is 2.13. The zero-order valence-corrected chi connectivity index (χ0v) is 10.1. The highest BCUT2D eigenvalue weighted by Gasteiger charge is 2.25. The second-order valence-corrected chi connectivity index (χ2v) is 4.49. The van der Waals surface area contributed by atoms with Gasteiger partial charge in [-0.25, -0.2) is 4.39 Å². The smallest absolute Gasteiger partial charge is 0.163 e. The first-order chi connectivity index (χ1) is 8.24. The number of hydrogen-bond donors (Lipinski definition) is 0. The van der Waals surface area contributed by atoms with Crippen molar-refractivity contribution in [1.82, 2.24) is 0 Å². The Bertz CT molecular complexity index is 460. The molecule has 0 fully saturated rings. The van der Waals surface area contributed by atoms with Crippen molar-refractivity contribution in [3.05, 3.63) is 41.2 Å². The molecule has 0 N–H and O–H groups in total. The second-order valence-electron chi connectivity index (χ2n) is 4.49. The van der Waals surface area contributed by atoms with Crippen molar-refractivity contribution in [1.29, 1.82) is 0 Å². The molecule has 0 unspecified atom stereocenters. The normalized spacial score (nSPS) is 15.8. The van der Waals surface area contributed by atoms with Gasteiger partial charge in [0.25, 0.3) is 0 Å². The monoisotopic (exact) mass is 232 g/mol. The summed E-state index contributed by atoms with van der Waals surface area (Å²) in [4.78, 5) is 11.9. The minimum absolute atomic E-state index is 0.0983. The number of Topliss-reactive ketones (excluding diaryl/α,β-unsaturated/α-hetero) is 1. The summed E-state index contributed by atoms with van der Waals surface area (Å²) in [5, 5.41) is 0. The first-order valence-corrected chi connectivity index (χ1v) is 6.24. The largest absolute Gasteiger partial charge is 0.294 e. The van der Waals surface area contributed by atoms with Crippen LogP contribution >= 0.6 is 0 Å². The van der Waals surface area contributed by atoms with E-state index < -0.39 is 0 Å². The molecule has 0 saturated heterocycles. The van der Waals surface area contributed by atoms with Crippen LogP contribution in [0.25, 0.3) is 5.57 Å². The lowest BCUT2D eigenvalue weighted by atomic mass is 9.98. The maximum atomic E-state index is 13.7. The summed E-state index contributed by atoms with van der Waals surface area (Å²) >= 11 is 0. The van der Waals surface area contributed by atoms with Crippen LogP contribution in [0.1, 0.15) is 44.6 Å². The van der Waals surface area contributed by atoms with Crippen molar-refractivity contribution in [2.24, 2.45) is 0 Å².